The van der Waals surface area contributed by atoms with Gasteiger partial charge in [-0.25, -0.2) is 8.78 Å². The van der Waals surface area contributed by atoms with Crippen molar-refractivity contribution in [2.24, 2.45) is 7.05 Å². The van der Waals surface area contributed by atoms with E-state index in [1.807, 2.05) is 31.6 Å². The zero-order valence-corrected chi connectivity index (χ0v) is 14.0. The molecule has 1 unspecified atom stereocenters. The molecule has 0 amide bonds. The molecule has 2 fully saturated rings. The van der Waals surface area contributed by atoms with E-state index in [1.165, 1.54) is 31.2 Å². The molecule has 2 aliphatic rings. The first kappa shape index (κ1) is 15.7. The number of pyridine rings is 1. The predicted molar refractivity (Wildman–Crippen MR) is 89.2 cm³/mol. The summed E-state index contributed by atoms with van der Waals surface area (Å²) in [4.78, 5) is 4.60. The molecule has 5 heteroatoms. The number of alkyl halides is 2. The highest BCUT2D eigenvalue weighted by Crippen LogP contribution is 2.45. The van der Waals surface area contributed by atoms with Gasteiger partial charge in [0.05, 0.1) is 5.69 Å². The minimum Gasteiger partial charge on any atom is -0.275 e. The number of aryl methyl sites for hydroxylation is 1. The topological polar surface area (TPSA) is 30.7 Å². The van der Waals surface area contributed by atoms with Crippen LogP contribution in [0.1, 0.15) is 68.0 Å². The molecule has 128 valence electrons. The fraction of sp³-hybridized carbons (Fsp3) is 0.579. The van der Waals surface area contributed by atoms with Crippen molar-refractivity contribution >= 4 is 0 Å². The predicted octanol–water partition coefficient (Wildman–Crippen LogP) is 5.04. The molecular formula is C19H23F2N3. The molecule has 2 heterocycles. The molecule has 24 heavy (non-hydrogen) atoms. The molecule has 0 N–H and O–H groups in total. The minimum absolute atomic E-state index is 0.0252. The largest absolute Gasteiger partial charge is 0.275 e. The number of halogens is 2. The van der Waals surface area contributed by atoms with Gasteiger partial charge >= 0.3 is 0 Å². The molecular weight excluding hydrogens is 308 g/mol. The molecule has 0 saturated heterocycles. The van der Waals surface area contributed by atoms with Crippen molar-refractivity contribution in [1.29, 1.82) is 0 Å². The third-order valence-electron chi connectivity index (χ3n) is 5.56. The number of rotatable bonds is 3. The SMILES string of the molecule is Cn1ccc(-c2cc(C3CCC(F)(F)C3)ncc2C2CCCC2)n1. The Balaban J connectivity index is 1.73. The highest BCUT2D eigenvalue weighted by Gasteiger charge is 2.40. The summed E-state index contributed by atoms with van der Waals surface area (Å²) in [7, 11) is 1.90. The van der Waals surface area contributed by atoms with Crippen molar-refractivity contribution in [1.82, 2.24) is 14.8 Å². The van der Waals surface area contributed by atoms with E-state index < -0.39 is 5.92 Å². The third-order valence-corrected chi connectivity index (χ3v) is 5.56. The molecule has 0 aliphatic heterocycles. The summed E-state index contributed by atoms with van der Waals surface area (Å²) >= 11 is 0. The van der Waals surface area contributed by atoms with Crippen molar-refractivity contribution in [3.8, 4) is 11.3 Å². The molecule has 0 aromatic carbocycles. The Hall–Kier alpha value is -1.78. The van der Waals surface area contributed by atoms with Gasteiger partial charge in [-0.2, -0.15) is 5.10 Å². The average molecular weight is 331 g/mol. The van der Waals surface area contributed by atoms with Crippen molar-refractivity contribution in [2.75, 3.05) is 0 Å². The standard InChI is InChI=1S/C19H23F2N3/c1-24-9-7-17(23-24)15-10-18(14-6-8-19(20,21)11-14)22-12-16(15)13-4-2-3-5-13/h7,9-10,12-14H,2-6,8,11H2,1H3. The second-order valence-corrected chi connectivity index (χ2v) is 7.35. The monoisotopic (exact) mass is 331 g/mol. The van der Waals surface area contributed by atoms with E-state index in [4.69, 9.17) is 0 Å². The first-order valence-electron chi connectivity index (χ1n) is 8.89. The maximum Gasteiger partial charge on any atom is 0.248 e. The maximum atomic E-state index is 13.6. The van der Waals surface area contributed by atoms with Gasteiger partial charge in [0.25, 0.3) is 0 Å². The maximum absolute atomic E-state index is 13.6. The number of nitrogens with zero attached hydrogens (tertiary/aromatic N) is 3. The van der Waals surface area contributed by atoms with Crippen LogP contribution in [0.2, 0.25) is 0 Å². The van der Waals surface area contributed by atoms with Gasteiger partial charge in [-0.05, 0) is 42.9 Å². The van der Waals surface area contributed by atoms with Gasteiger partial charge in [0, 0.05) is 49.5 Å². The summed E-state index contributed by atoms with van der Waals surface area (Å²) in [6.07, 6.45) is 9.15. The smallest absolute Gasteiger partial charge is 0.248 e. The van der Waals surface area contributed by atoms with Gasteiger partial charge in [0.2, 0.25) is 5.92 Å². The molecule has 4 rings (SSSR count). The molecule has 3 nitrogen and oxygen atoms in total. The molecule has 2 aromatic rings. The lowest BCUT2D eigenvalue weighted by Crippen LogP contribution is -2.10. The van der Waals surface area contributed by atoms with Crippen LogP contribution in [-0.4, -0.2) is 20.7 Å². The summed E-state index contributed by atoms with van der Waals surface area (Å²) in [6.45, 7) is 0. The highest BCUT2D eigenvalue weighted by molar-refractivity contribution is 5.64. The first-order chi connectivity index (χ1) is 11.5. The second kappa shape index (κ2) is 5.94. The van der Waals surface area contributed by atoms with Gasteiger partial charge in [0.15, 0.2) is 0 Å². The minimum atomic E-state index is -2.54. The van der Waals surface area contributed by atoms with Crippen LogP contribution in [-0.2, 0) is 7.05 Å². The zero-order chi connectivity index (χ0) is 16.7. The van der Waals surface area contributed by atoms with Crippen LogP contribution in [0.15, 0.2) is 24.5 Å². The van der Waals surface area contributed by atoms with Gasteiger partial charge in [0.1, 0.15) is 0 Å². The summed E-state index contributed by atoms with van der Waals surface area (Å²) in [6, 6.07) is 4.03. The van der Waals surface area contributed by atoms with E-state index in [9.17, 15) is 8.78 Å². The lowest BCUT2D eigenvalue weighted by Gasteiger charge is -2.17. The van der Waals surface area contributed by atoms with Gasteiger partial charge < -0.3 is 0 Å². The molecule has 2 aliphatic carbocycles. The van der Waals surface area contributed by atoms with E-state index in [1.54, 1.807) is 4.68 Å². The van der Waals surface area contributed by atoms with Crippen LogP contribution >= 0.6 is 0 Å². The second-order valence-electron chi connectivity index (χ2n) is 7.35. The van der Waals surface area contributed by atoms with Crippen LogP contribution in [0.5, 0.6) is 0 Å². The Labute approximate surface area is 141 Å². The summed E-state index contributed by atoms with van der Waals surface area (Å²) < 4.78 is 29.0. The molecule has 2 saturated carbocycles. The van der Waals surface area contributed by atoms with Crippen molar-refractivity contribution in [3.63, 3.8) is 0 Å². The van der Waals surface area contributed by atoms with Gasteiger partial charge in [-0.1, -0.05) is 12.8 Å². The van der Waals surface area contributed by atoms with E-state index >= 15 is 0 Å². The van der Waals surface area contributed by atoms with E-state index in [0.717, 1.165) is 17.0 Å². The normalized spacial score (nSPS) is 23.9. The number of hydrogen-bond donors (Lipinski definition) is 0. The quantitative estimate of drug-likeness (QED) is 0.788. The van der Waals surface area contributed by atoms with Crippen molar-refractivity contribution < 1.29 is 8.78 Å². The van der Waals surface area contributed by atoms with E-state index in [0.29, 0.717) is 12.3 Å². The van der Waals surface area contributed by atoms with Crippen LogP contribution in [0.25, 0.3) is 11.3 Å². The van der Waals surface area contributed by atoms with Crippen molar-refractivity contribution in [3.05, 3.63) is 35.8 Å². The van der Waals surface area contributed by atoms with E-state index in [-0.39, 0.29) is 18.8 Å². The van der Waals surface area contributed by atoms with Gasteiger partial charge in [-0.15, -0.1) is 0 Å². The third kappa shape index (κ3) is 2.96. The van der Waals surface area contributed by atoms with Crippen LogP contribution in [0.4, 0.5) is 8.78 Å². The lowest BCUT2D eigenvalue weighted by atomic mass is 9.91. The van der Waals surface area contributed by atoms with Gasteiger partial charge in [-0.3, -0.25) is 9.67 Å². The molecule has 0 bridgehead atoms. The molecule has 1 atom stereocenters. The Morgan fingerprint density at radius 1 is 1.17 bits per heavy atom. The van der Waals surface area contributed by atoms with Crippen LogP contribution in [0.3, 0.4) is 0 Å². The Morgan fingerprint density at radius 3 is 2.58 bits per heavy atom. The summed E-state index contributed by atoms with van der Waals surface area (Å²) in [5, 5.41) is 4.55. The Kier molecular flexibility index (Phi) is 3.89. The zero-order valence-electron chi connectivity index (χ0n) is 14.0. The van der Waals surface area contributed by atoms with Crippen LogP contribution < -0.4 is 0 Å². The molecule has 0 spiro atoms. The Morgan fingerprint density at radius 2 is 1.96 bits per heavy atom. The number of hydrogen-bond acceptors (Lipinski definition) is 2. The summed E-state index contributed by atoms with van der Waals surface area (Å²) in [5.41, 5.74) is 4.05. The summed E-state index contributed by atoms with van der Waals surface area (Å²) in [5.74, 6) is -2.16. The molecule has 2 aromatic heterocycles. The van der Waals surface area contributed by atoms with Crippen LogP contribution in [0, 0.1) is 0 Å². The average Bonchev–Trinajstić information content (AvgIpc) is 3.27. The fourth-order valence-electron chi connectivity index (χ4n) is 4.25. The fourth-order valence-corrected chi connectivity index (χ4v) is 4.25. The first-order valence-corrected chi connectivity index (χ1v) is 8.89. The van der Waals surface area contributed by atoms with Crippen molar-refractivity contribution in [2.45, 2.75) is 62.7 Å². The lowest BCUT2D eigenvalue weighted by molar-refractivity contribution is 0.00766. The number of aromatic nitrogens is 3. The highest BCUT2D eigenvalue weighted by atomic mass is 19.3. The van der Waals surface area contributed by atoms with E-state index in [2.05, 4.69) is 10.1 Å². The molecule has 0 radical (unpaired) electrons. The Bertz CT molecular complexity index is 732.